The fourth-order valence-electron chi connectivity index (χ4n) is 2.73. The fourth-order valence-corrected chi connectivity index (χ4v) is 2.92. The van der Waals surface area contributed by atoms with Gasteiger partial charge < -0.3 is 20.5 Å². The number of benzene rings is 2. The van der Waals surface area contributed by atoms with Gasteiger partial charge in [-0.1, -0.05) is 41.9 Å². The summed E-state index contributed by atoms with van der Waals surface area (Å²) in [4.78, 5) is 23.0. The molecule has 0 aliphatic carbocycles. The summed E-state index contributed by atoms with van der Waals surface area (Å²) in [7, 11) is 0. The van der Waals surface area contributed by atoms with Gasteiger partial charge in [-0.3, -0.25) is 4.79 Å². The molecule has 1 fully saturated rings. The fraction of sp³-hybridized carbons (Fsp3) is 0.263. The molecule has 3 rings (SSSR count). The molecule has 0 bridgehead atoms. The maximum Gasteiger partial charge on any atom is 0.408 e. The van der Waals surface area contributed by atoms with E-state index in [9.17, 15) is 9.59 Å². The van der Waals surface area contributed by atoms with Crippen LogP contribution in [-0.4, -0.2) is 24.1 Å². The van der Waals surface area contributed by atoms with Crippen molar-refractivity contribution in [1.82, 2.24) is 5.32 Å². The maximum atomic E-state index is 11.7. The van der Waals surface area contributed by atoms with E-state index in [0.29, 0.717) is 24.5 Å². The van der Waals surface area contributed by atoms with Gasteiger partial charge in [0.05, 0.1) is 0 Å². The van der Waals surface area contributed by atoms with Crippen molar-refractivity contribution in [3.05, 3.63) is 64.7 Å². The number of halogens is 1. The van der Waals surface area contributed by atoms with Crippen molar-refractivity contribution < 1.29 is 19.1 Å². The van der Waals surface area contributed by atoms with Gasteiger partial charge in [0.2, 0.25) is 5.91 Å². The molecular weight excluding hydrogens is 356 g/mol. The monoisotopic (exact) mass is 374 g/mol. The molecule has 1 atom stereocenters. The van der Waals surface area contributed by atoms with Crippen LogP contribution < -0.4 is 15.8 Å². The number of hydrogen-bond acceptors (Lipinski definition) is 4. The van der Waals surface area contributed by atoms with Crippen molar-refractivity contribution in [3.8, 4) is 5.75 Å². The van der Waals surface area contributed by atoms with E-state index in [2.05, 4.69) is 5.32 Å². The lowest BCUT2D eigenvalue weighted by Crippen LogP contribution is -2.54. The summed E-state index contributed by atoms with van der Waals surface area (Å²) in [5.41, 5.74) is 6.20. The Hall–Kier alpha value is -2.73. The number of carbonyl (C=O) groups excluding carboxylic acids is 2. The number of nitrogens with one attached hydrogen (secondary N) is 1. The first kappa shape index (κ1) is 18.1. The molecule has 1 aliphatic heterocycles. The molecule has 0 spiro atoms. The van der Waals surface area contributed by atoms with Crippen LogP contribution in [0.1, 0.15) is 17.5 Å². The highest BCUT2D eigenvalue weighted by molar-refractivity contribution is 6.31. The van der Waals surface area contributed by atoms with Crippen molar-refractivity contribution in [1.29, 1.82) is 0 Å². The van der Waals surface area contributed by atoms with E-state index in [1.165, 1.54) is 0 Å². The predicted molar refractivity (Wildman–Crippen MR) is 97.0 cm³/mol. The van der Waals surface area contributed by atoms with Gasteiger partial charge in [0.15, 0.2) is 5.54 Å². The molecule has 6 nitrogen and oxygen atoms in total. The molecule has 0 aromatic heterocycles. The number of amides is 2. The zero-order valence-electron chi connectivity index (χ0n) is 14.0. The smallest absolute Gasteiger partial charge is 0.408 e. The topological polar surface area (TPSA) is 90.7 Å². The average molecular weight is 375 g/mol. The van der Waals surface area contributed by atoms with Crippen molar-refractivity contribution in [2.45, 2.75) is 25.0 Å². The minimum Gasteiger partial charge on any atom is -0.489 e. The Morgan fingerprint density at radius 2 is 1.96 bits per heavy atom. The second-order valence-electron chi connectivity index (χ2n) is 6.17. The predicted octanol–water partition coefficient (Wildman–Crippen LogP) is 2.82. The third kappa shape index (κ3) is 4.08. The zero-order valence-corrected chi connectivity index (χ0v) is 14.8. The van der Waals surface area contributed by atoms with Crippen LogP contribution in [0, 0.1) is 0 Å². The Morgan fingerprint density at radius 3 is 2.58 bits per heavy atom. The van der Waals surface area contributed by atoms with Gasteiger partial charge in [0, 0.05) is 10.6 Å². The van der Waals surface area contributed by atoms with E-state index >= 15 is 0 Å². The first-order valence-corrected chi connectivity index (χ1v) is 8.56. The molecule has 26 heavy (non-hydrogen) atoms. The lowest BCUT2D eigenvalue weighted by Gasteiger charge is -2.22. The molecule has 136 valence electrons. The number of aryl methyl sites for hydroxylation is 1. The third-order valence-electron chi connectivity index (χ3n) is 4.38. The van der Waals surface area contributed by atoms with Gasteiger partial charge in [-0.25, -0.2) is 4.79 Å². The summed E-state index contributed by atoms with van der Waals surface area (Å²) in [6.07, 6.45) is 0.317. The Labute approximate surface area is 156 Å². The lowest BCUT2D eigenvalue weighted by atomic mass is 9.92. The summed E-state index contributed by atoms with van der Waals surface area (Å²) in [5, 5.41) is 3.19. The van der Waals surface area contributed by atoms with Crippen molar-refractivity contribution in [2.75, 3.05) is 6.61 Å². The van der Waals surface area contributed by atoms with Gasteiger partial charge >= 0.3 is 6.09 Å². The van der Waals surface area contributed by atoms with Crippen LogP contribution in [-0.2, 0) is 22.6 Å². The molecule has 1 unspecified atom stereocenters. The Morgan fingerprint density at radius 1 is 1.23 bits per heavy atom. The van der Waals surface area contributed by atoms with E-state index in [0.717, 1.165) is 16.9 Å². The molecule has 2 aromatic rings. The summed E-state index contributed by atoms with van der Waals surface area (Å²) in [5.74, 6) is 0.124. The quantitative estimate of drug-likeness (QED) is 0.779. The number of cyclic esters (lactones) is 1. The van der Waals surface area contributed by atoms with E-state index in [1.807, 2.05) is 48.5 Å². The number of alkyl carbamates (subject to hydrolysis) is 1. The zero-order chi connectivity index (χ0) is 18.6. The van der Waals surface area contributed by atoms with Crippen molar-refractivity contribution in [2.24, 2.45) is 5.73 Å². The normalized spacial score (nSPS) is 18.9. The number of carbonyl (C=O) groups is 2. The highest BCUT2D eigenvalue weighted by Crippen LogP contribution is 2.22. The summed E-state index contributed by atoms with van der Waals surface area (Å²) < 4.78 is 10.6. The van der Waals surface area contributed by atoms with Gasteiger partial charge in [0.1, 0.15) is 19.0 Å². The molecule has 0 radical (unpaired) electrons. The Kier molecular flexibility index (Phi) is 5.32. The van der Waals surface area contributed by atoms with E-state index in [4.69, 9.17) is 26.8 Å². The van der Waals surface area contributed by atoms with Gasteiger partial charge in [-0.2, -0.15) is 0 Å². The van der Waals surface area contributed by atoms with Crippen molar-refractivity contribution >= 4 is 23.6 Å². The van der Waals surface area contributed by atoms with Crippen LogP contribution in [0.4, 0.5) is 4.79 Å². The van der Waals surface area contributed by atoms with Crippen LogP contribution >= 0.6 is 11.6 Å². The van der Waals surface area contributed by atoms with Crippen LogP contribution in [0.15, 0.2) is 48.5 Å². The first-order chi connectivity index (χ1) is 12.5. The van der Waals surface area contributed by atoms with Crippen LogP contribution in [0.2, 0.25) is 5.02 Å². The van der Waals surface area contributed by atoms with E-state index in [1.54, 1.807) is 0 Å². The molecule has 1 saturated heterocycles. The summed E-state index contributed by atoms with van der Waals surface area (Å²) in [6.45, 7) is 0.341. The molecule has 3 N–H and O–H groups in total. The lowest BCUT2D eigenvalue weighted by molar-refractivity contribution is -0.124. The minimum absolute atomic E-state index is 0.0415. The number of nitrogens with two attached hydrogens (primary N) is 1. The highest BCUT2D eigenvalue weighted by atomic mass is 35.5. The number of hydrogen-bond donors (Lipinski definition) is 2. The highest BCUT2D eigenvalue weighted by Gasteiger charge is 2.44. The summed E-state index contributed by atoms with van der Waals surface area (Å²) >= 11 is 6.11. The Balaban J connectivity index is 1.57. The van der Waals surface area contributed by atoms with Crippen LogP contribution in [0.3, 0.4) is 0 Å². The second-order valence-corrected chi connectivity index (χ2v) is 6.58. The average Bonchev–Trinajstić information content (AvgIpc) is 3.03. The maximum absolute atomic E-state index is 11.7. The largest absolute Gasteiger partial charge is 0.489 e. The molecule has 1 heterocycles. The molecule has 2 amide bonds. The summed E-state index contributed by atoms with van der Waals surface area (Å²) in [6, 6.07) is 15.1. The van der Waals surface area contributed by atoms with Crippen LogP contribution in [0.5, 0.6) is 5.75 Å². The number of ether oxygens (including phenoxy) is 2. The van der Waals surface area contributed by atoms with Gasteiger partial charge in [-0.05, 0) is 36.6 Å². The second kappa shape index (κ2) is 7.66. The molecule has 0 saturated carbocycles. The van der Waals surface area contributed by atoms with E-state index in [-0.39, 0.29) is 6.61 Å². The third-order valence-corrected chi connectivity index (χ3v) is 4.75. The molecule has 2 aromatic carbocycles. The number of rotatable bonds is 7. The minimum atomic E-state index is -1.14. The number of primary amides is 1. The van der Waals surface area contributed by atoms with Crippen LogP contribution in [0.25, 0.3) is 0 Å². The SMILES string of the molecule is NC(=O)C1(CCc2ccc(OCc3ccccc3Cl)cc2)COC(=O)N1. The van der Waals surface area contributed by atoms with Crippen molar-refractivity contribution in [3.63, 3.8) is 0 Å². The molecular formula is C19H19ClN2O4. The Bertz CT molecular complexity index is 809. The first-order valence-electron chi connectivity index (χ1n) is 8.18. The van der Waals surface area contributed by atoms with E-state index < -0.39 is 17.5 Å². The van der Waals surface area contributed by atoms with Gasteiger partial charge in [-0.15, -0.1) is 0 Å². The molecule has 1 aliphatic rings. The van der Waals surface area contributed by atoms with Gasteiger partial charge in [0.25, 0.3) is 0 Å². The standard InChI is InChI=1S/C19H19ClN2O4/c20-16-4-2-1-3-14(16)11-25-15-7-5-13(6-8-15)9-10-19(17(21)23)12-26-18(24)22-19/h1-8H,9-12H2,(H2,21,23)(H,22,24). The molecule has 7 heteroatoms.